The Hall–Kier alpha value is -2.63. The summed E-state index contributed by atoms with van der Waals surface area (Å²) < 4.78 is 11.4. The summed E-state index contributed by atoms with van der Waals surface area (Å²) in [5.41, 5.74) is -1.42. The number of phenolic OH excluding ortho intramolecular Hbond substituents is 1. The van der Waals surface area contributed by atoms with Crippen LogP contribution >= 0.6 is 0 Å². The summed E-state index contributed by atoms with van der Waals surface area (Å²) in [4.78, 5) is 30.0. The molecule has 0 heterocycles. The zero-order chi connectivity index (χ0) is 20.4. The van der Waals surface area contributed by atoms with Gasteiger partial charge in [0.1, 0.15) is 0 Å². The molecule has 0 saturated heterocycles. The van der Waals surface area contributed by atoms with Crippen LogP contribution in [0.15, 0.2) is 59.6 Å². The van der Waals surface area contributed by atoms with Gasteiger partial charge in [0, 0.05) is 0 Å². The van der Waals surface area contributed by atoms with Gasteiger partial charge in [0.05, 0.1) is 0 Å². The molecule has 0 aliphatic carbocycles. The van der Waals surface area contributed by atoms with Crippen molar-refractivity contribution in [3.05, 3.63) is 60.2 Å². The number of benzene rings is 2. The van der Waals surface area contributed by atoms with Crippen molar-refractivity contribution in [2.45, 2.75) is 24.7 Å². The molecule has 0 aliphatic heterocycles. The number of hydrogen-bond acceptors (Lipinski definition) is 6. The second-order valence-corrected chi connectivity index (χ2v) is 7.92. The standard InChI is InChI=1S/C21H23NO5Se/c1-3-26-19(24)21(20(25)27-4-2,15-28-17-11-6-5-7-12-17)22-14-16-10-8-9-13-18(16)23/h5-14,23H,3-4,15H2,1-2H3. The molecule has 28 heavy (non-hydrogen) atoms. The number of aliphatic imine (C=N–C) groups is 1. The molecule has 7 heteroatoms. The molecule has 0 aliphatic rings. The van der Waals surface area contributed by atoms with Crippen molar-refractivity contribution in [1.82, 2.24) is 0 Å². The fourth-order valence-corrected chi connectivity index (χ4v) is 4.50. The van der Waals surface area contributed by atoms with Crippen LogP contribution in [0.25, 0.3) is 0 Å². The summed E-state index contributed by atoms with van der Waals surface area (Å²) in [5.74, 6) is -1.50. The van der Waals surface area contributed by atoms with Crippen LogP contribution in [0.4, 0.5) is 0 Å². The summed E-state index contributed by atoms with van der Waals surface area (Å²) in [6, 6.07) is 16.1. The van der Waals surface area contributed by atoms with E-state index in [9.17, 15) is 14.7 Å². The number of carbonyl (C=O) groups excluding carboxylic acids is 2. The quantitative estimate of drug-likeness (QED) is 0.275. The van der Waals surface area contributed by atoms with Gasteiger partial charge in [0.15, 0.2) is 0 Å². The molecule has 0 bridgehead atoms. The van der Waals surface area contributed by atoms with Crippen LogP contribution in [0, 0.1) is 0 Å². The Balaban J connectivity index is 2.43. The predicted octanol–water partition coefficient (Wildman–Crippen LogP) is 2.12. The molecule has 2 aromatic carbocycles. The number of aromatic hydroxyl groups is 1. The first kappa shape index (κ1) is 21.7. The normalized spacial score (nSPS) is 11.4. The minimum absolute atomic E-state index is 0.00133. The van der Waals surface area contributed by atoms with Gasteiger partial charge in [0.2, 0.25) is 0 Å². The van der Waals surface area contributed by atoms with E-state index in [1.54, 1.807) is 32.0 Å². The van der Waals surface area contributed by atoms with Crippen LogP contribution in [0.3, 0.4) is 0 Å². The zero-order valence-electron chi connectivity index (χ0n) is 15.8. The van der Waals surface area contributed by atoms with E-state index in [2.05, 4.69) is 4.99 Å². The Morgan fingerprint density at radius 2 is 1.57 bits per heavy atom. The number of esters is 2. The van der Waals surface area contributed by atoms with Crippen LogP contribution in [0.2, 0.25) is 5.32 Å². The fourth-order valence-electron chi connectivity index (χ4n) is 2.33. The second-order valence-electron chi connectivity index (χ2n) is 5.72. The summed E-state index contributed by atoms with van der Waals surface area (Å²) in [5, 5.41) is 10.1. The summed E-state index contributed by atoms with van der Waals surface area (Å²) in [6.07, 6.45) is 1.32. The monoisotopic (exact) mass is 449 g/mol. The second kappa shape index (κ2) is 10.6. The first-order valence-corrected chi connectivity index (χ1v) is 11.0. The van der Waals surface area contributed by atoms with E-state index < -0.39 is 17.5 Å². The SMILES string of the molecule is CCOC(=O)C(C[Se]c1ccccc1)(N=Cc1ccccc1O)C(=O)OCC. The van der Waals surface area contributed by atoms with Crippen molar-refractivity contribution in [3.63, 3.8) is 0 Å². The Labute approximate surface area is 170 Å². The van der Waals surface area contributed by atoms with Crippen LogP contribution in [0.5, 0.6) is 5.75 Å². The van der Waals surface area contributed by atoms with Gasteiger partial charge >= 0.3 is 171 Å². The van der Waals surface area contributed by atoms with E-state index in [0.717, 1.165) is 4.46 Å². The van der Waals surface area contributed by atoms with Crippen LogP contribution < -0.4 is 4.46 Å². The molecular formula is C21H23NO5Se. The zero-order valence-corrected chi connectivity index (χ0v) is 17.5. The van der Waals surface area contributed by atoms with Crippen molar-refractivity contribution in [1.29, 1.82) is 0 Å². The topological polar surface area (TPSA) is 85.2 Å². The number of para-hydroxylation sites is 1. The first-order valence-electron chi connectivity index (χ1n) is 8.89. The van der Waals surface area contributed by atoms with Gasteiger partial charge < -0.3 is 0 Å². The molecule has 0 radical (unpaired) electrons. The van der Waals surface area contributed by atoms with Gasteiger partial charge in [-0.2, -0.15) is 0 Å². The molecule has 148 valence electrons. The van der Waals surface area contributed by atoms with E-state index in [4.69, 9.17) is 9.47 Å². The summed E-state index contributed by atoms with van der Waals surface area (Å²) >= 11 is -0.225. The van der Waals surface area contributed by atoms with Crippen molar-refractivity contribution < 1.29 is 24.2 Å². The first-order chi connectivity index (χ1) is 13.5. The number of hydrogen-bond donors (Lipinski definition) is 1. The Morgan fingerprint density at radius 1 is 1.00 bits per heavy atom. The van der Waals surface area contributed by atoms with Crippen LogP contribution in [-0.4, -0.2) is 57.0 Å². The molecular weight excluding hydrogens is 425 g/mol. The van der Waals surface area contributed by atoms with E-state index in [1.807, 2.05) is 30.3 Å². The third kappa shape index (κ3) is 5.44. The van der Waals surface area contributed by atoms with Crippen molar-refractivity contribution in [2.75, 3.05) is 13.2 Å². The van der Waals surface area contributed by atoms with Gasteiger partial charge in [-0.3, -0.25) is 0 Å². The molecule has 0 spiro atoms. The molecule has 1 N–H and O–H groups in total. The molecule has 0 atom stereocenters. The third-order valence-electron chi connectivity index (χ3n) is 3.78. The van der Waals surface area contributed by atoms with Gasteiger partial charge in [-0.05, 0) is 0 Å². The van der Waals surface area contributed by atoms with Gasteiger partial charge in [0.25, 0.3) is 0 Å². The van der Waals surface area contributed by atoms with Gasteiger partial charge in [-0.25, -0.2) is 0 Å². The van der Waals surface area contributed by atoms with E-state index in [1.165, 1.54) is 12.3 Å². The number of ether oxygens (including phenoxy) is 2. The number of phenols is 1. The molecule has 2 rings (SSSR count). The maximum absolute atomic E-state index is 12.8. The van der Waals surface area contributed by atoms with Crippen molar-refractivity contribution >= 4 is 37.6 Å². The molecule has 2 aromatic rings. The molecule has 0 fully saturated rings. The molecule has 0 aromatic heterocycles. The Kier molecular flexibility index (Phi) is 8.23. The van der Waals surface area contributed by atoms with Gasteiger partial charge in [-0.15, -0.1) is 0 Å². The Bertz CT molecular complexity index is 805. The number of carbonyl (C=O) groups is 2. The predicted molar refractivity (Wildman–Crippen MR) is 108 cm³/mol. The molecule has 0 saturated carbocycles. The van der Waals surface area contributed by atoms with Gasteiger partial charge in [-0.1, -0.05) is 0 Å². The third-order valence-corrected chi connectivity index (χ3v) is 6.23. The minimum atomic E-state index is -1.82. The number of rotatable bonds is 9. The average Bonchev–Trinajstić information content (AvgIpc) is 2.70. The van der Waals surface area contributed by atoms with Crippen LogP contribution in [0.1, 0.15) is 19.4 Å². The summed E-state index contributed by atoms with van der Waals surface area (Å²) in [6.45, 7) is 3.57. The summed E-state index contributed by atoms with van der Waals surface area (Å²) in [7, 11) is 0. The maximum atomic E-state index is 12.8. The molecule has 6 nitrogen and oxygen atoms in total. The van der Waals surface area contributed by atoms with E-state index >= 15 is 0 Å². The molecule has 0 amide bonds. The fraction of sp³-hybridized carbons (Fsp3) is 0.286. The van der Waals surface area contributed by atoms with Crippen molar-refractivity contribution in [2.24, 2.45) is 4.99 Å². The number of nitrogens with zero attached hydrogens (tertiary/aromatic N) is 1. The Morgan fingerprint density at radius 3 is 2.14 bits per heavy atom. The van der Waals surface area contributed by atoms with E-state index in [0.29, 0.717) is 5.56 Å². The average molecular weight is 448 g/mol. The molecule has 0 unspecified atom stereocenters. The van der Waals surface area contributed by atoms with E-state index in [-0.39, 0.29) is 39.2 Å². The van der Waals surface area contributed by atoms with Crippen molar-refractivity contribution in [3.8, 4) is 5.75 Å². The van der Waals surface area contributed by atoms with Crippen LogP contribution in [-0.2, 0) is 19.1 Å².